The third-order valence-corrected chi connectivity index (χ3v) is 13.5. The van der Waals surface area contributed by atoms with E-state index in [2.05, 4.69) is 17.1 Å². The molecule has 1 unspecified atom stereocenters. The quantitative estimate of drug-likeness (QED) is 0.457. The highest BCUT2D eigenvalue weighted by Gasteiger charge is 3.06. The summed E-state index contributed by atoms with van der Waals surface area (Å²) in [6.07, 6.45) is 5.85. The van der Waals surface area contributed by atoms with Crippen LogP contribution < -0.4 is 15.0 Å². The largest absolute Gasteiger partial charge is 0.453 e. The van der Waals surface area contributed by atoms with Crippen molar-refractivity contribution in [2.45, 2.75) is 44.2 Å². The number of nitrogens with zero attached hydrogens (tertiary/aromatic N) is 4. The summed E-state index contributed by atoms with van der Waals surface area (Å²) in [5.41, 5.74) is 1.03. The van der Waals surface area contributed by atoms with E-state index >= 15 is 0 Å². The Morgan fingerprint density at radius 2 is 1.75 bits per heavy atom. The summed E-state index contributed by atoms with van der Waals surface area (Å²) >= 11 is 0. The van der Waals surface area contributed by atoms with Crippen LogP contribution in [0.3, 0.4) is 0 Å². The molecule has 1 N–H and O–H groups in total. The van der Waals surface area contributed by atoms with E-state index in [1.54, 1.807) is 12.3 Å². The van der Waals surface area contributed by atoms with Gasteiger partial charge >= 0.3 is 0 Å². The van der Waals surface area contributed by atoms with Crippen molar-refractivity contribution in [1.82, 2.24) is 20.0 Å². The topological polar surface area (TPSA) is 114 Å². The minimum atomic E-state index is -0.732. The van der Waals surface area contributed by atoms with E-state index in [1.807, 2.05) is 35.1 Å². The van der Waals surface area contributed by atoms with Gasteiger partial charge in [-0.25, -0.2) is 0 Å². The van der Waals surface area contributed by atoms with Crippen LogP contribution in [0.2, 0.25) is 0 Å². The van der Waals surface area contributed by atoms with Gasteiger partial charge in [-0.15, -0.1) is 0 Å². The van der Waals surface area contributed by atoms with Crippen molar-refractivity contribution in [3.05, 3.63) is 48.3 Å². The van der Waals surface area contributed by atoms with Crippen LogP contribution in [0.5, 0.6) is 11.5 Å². The van der Waals surface area contributed by atoms with E-state index in [0.717, 1.165) is 78.1 Å². The molecule has 2 aromatic carbocycles. The lowest BCUT2D eigenvalue weighted by molar-refractivity contribution is -0.597. The normalized spacial score (nSPS) is 39.1. The van der Waals surface area contributed by atoms with Crippen LogP contribution in [0.25, 0.3) is 10.8 Å². The molecule has 0 spiro atoms. The first kappa shape index (κ1) is 24.2. The van der Waals surface area contributed by atoms with E-state index in [9.17, 15) is 19.2 Å². The lowest BCUT2D eigenvalue weighted by Crippen LogP contribution is -3.07. The molecule has 3 aromatic rings. The molecule has 2 saturated heterocycles. The second kappa shape index (κ2) is 7.35. The van der Waals surface area contributed by atoms with Crippen molar-refractivity contribution in [2.24, 2.45) is 46.8 Å². The second-order valence-electron chi connectivity index (χ2n) is 14.8. The number of rotatable bonds is 5. The fourth-order valence-corrected chi connectivity index (χ4v) is 11.6. The lowest BCUT2D eigenvalue weighted by atomic mass is 8.96. The van der Waals surface area contributed by atoms with Gasteiger partial charge in [0.25, 0.3) is 5.91 Å². The summed E-state index contributed by atoms with van der Waals surface area (Å²) in [4.78, 5) is 55.2. The fourth-order valence-electron chi connectivity index (χ4n) is 11.6. The summed E-state index contributed by atoms with van der Waals surface area (Å²) in [6, 6.07) is 8.41. The van der Waals surface area contributed by atoms with Gasteiger partial charge in [-0.2, -0.15) is 5.10 Å². The van der Waals surface area contributed by atoms with Crippen molar-refractivity contribution >= 4 is 40.1 Å². The molecule has 9 aliphatic rings. The van der Waals surface area contributed by atoms with E-state index in [4.69, 9.17) is 9.84 Å². The minimum absolute atomic E-state index is 0.0678. The summed E-state index contributed by atoms with van der Waals surface area (Å²) < 4.78 is 8.36. The number of likely N-dealkylation sites (tertiary alicyclic amines) is 1. The predicted molar refractivity (Wildman–Crippen MR) is 156 cm³/mol. The highest BCUT2D eigenvalue weighted by Crippen LogP contribution is 3.06. The number of imide groups is 1. The zero-order chi connectivity index (χ0) is 29.4. The molecule has 12 rings (SSSR count). The van der Waals surface area contributed by atoms with Crippen LogP contribution in [-0.2, 0) is 19.9 Å². The zero-order valence-electron chi connectivity index (χ0n) is 24.2. The summed E-state index contributed by atoms with van der Waals surface area (Å²) in [6.45, 7) is 3.76. The number of hydrogen-bond acceptors (Lipinski definition) is 6. The van der Waals surface area contributed by atoms with Crippen molar-refractivity contribution in [1.29, 1.82) is 0 Å². The van der Waals surface area contributed by atoms with Crippen LogP contribution in [0, 0.1) is 46.8 Å². The monoisotopic (exact) mass is 589 g/mol. The van der Waals surface area contributed by atoms with Gasteiger partial charge in [0.1, 0.15) is 11.8 Å². The molecule has 10 heteroatoms. The number of ether oxygens (including phenoxy) is 1. The second-order valence-corrected chi connectivity index (χ2v) is 14.8. The molecular formula is C34H31N5O5. The van der Waals surface area contributed by atoms with Gasteiger partial charge in [0, 0.05) is 35.8 Å². The van der Waals surface area contributed by atoms with Gasteiger partial charge in [-0.3, -0.25) is 34.1 Å². The molecule has 44 heavy (non-hydrogen) atoms. The van der Waals surface area contributed by atoms with Crippen LogP contribution >= 0.6 is 0 Å². The SMILES string of the molecule is CC1(n2cc(Oc3ccc4c5c(cccc35)C(=O)N4C3CCC(=O)NC3=O)cn2)CCN(C(=O)C23C4C5C6C4C2C6C53)CC1. The number of hydrogen-bond donors (Lipinski definition) is 1. The van der Waals surface area contributed by atoms with Gasteiger partial charge in [0.05, 0.1) is 29.0 Å². The molecular weight excluding hydrogens is 558 g/mol. The van der Waals surface area contributed by atoms with Gasteiger partial charge in [0.2, 0.25) is 17.7 Å². The number of nitrogens with one attached hydrogen (secondary N) is 1. The van der Waals surface area contributed by atoms with E-state index in [1.165, 1.54) is 4.90 Å². The Hall–Kier alpha value is -4.21. The number of carbonyl (C=O) groups excluding carboxylic acids is 4. The third-order valence-electron chi connectivity index (χ3n) is 13.5. The van der Waals surface area contributed by atoms with Gasteiger partial charge in [0.15, 0.2) is 5.75 Å². The molecule has 0 bridgehead atoms. The Balaban J connectivity index is 0.825. The molecule has 0 radical (unpaired) electrons. The van der Waals surface area contributed by atoms with Crippen molar-refractivity contribution in [3.8, 4) is 11.5 Å². The molecule has 1 aromatic heterocycles. The highest BCUT2D eigenvalue weighted by atomic mass is 16.5. The molecule has 10 nitrogen and oxygen atoms in total. The molecule has 3 aliphatic heterocycles. The van der Waals surface area contributed by atoms with Crippen molar-refractivity contribution in [2.75, 3.05) is 18.0 Å². The molecule has 6 saturated carbocycles. The molecule has 222 valence electrons. The first-order valence-corrected chi connectivity index (χ1v) is 16.1. The number of piperidine rings is 2. The molecule has 4 heterocycles. The number of anilines is 1. The minimum Gasteiger partial charge on any atom is -0.453 e. The highest BCUT2D eigenvalue weighted by molar-refractivity contribution is 6.27. The maximum Gasteiger partial charge on any atom is 0.259 e. The maximum atomic E-state index is 13.7. The molecule has 8 fully saturated rings. The van der Waals surface area contributed by atoms with Crippen molar-refractivity contribution in [3.63, 3.8) is 0 Å². The fraction of sp³-hybridized carbons (Fsp3) is 0.500. The Bertz CT molecular complexity index is 1870. The molecule has 1 atom stereocenters. The first-order valence-electron chi connectivity index (χ1n) is 16.1. The third kappa shape index (κ3) is 2.37. The Morgan fingerprint density at radius 1 is 1.00 bits per heavy atom. The number of benzene rings is 2. The maximum absolute atomic E-state index is 13.7. The van der Waals surface area contributed by atoms with Gasteiger partial charge < -0.3 is 9.64 Å². The van der Waals surface area contributed by atoms with Crippen LogP contribution in [0.4, 0.5) is 5.69 Å². The predicted octanol–water partition coefficient (Wildman–Crippen LogP) is 3.30. The average Bonchev–Trinajstić information content (AvgIpc) is 3.63. The Labute approximate surface area is 252 Å². The van der Waals surface area contributed by atoms with E-state index < -0.39 is 11.9 Å². The summed E-state index contributed by atoms with van der Waals surface area (Å²) in [7, 11) is 0. The smallest absolute Gasteiger partial charge is 0.259 e. The van der Waals surface area contributed by atoms with Crippen LogP contribution in [0.1, 0.15) is 43.0 Å². The van der Waals surface area contributed by atoms with Crippen LogP contribution in [-0.4, -0.2) is 57.4 Å². The Morgan fingerprint density at radius 3 is 2.48 bits per heavy atom. The standard InChI is InChI=1S/C34H31N5O5/c1-33(9-11-37(12-10-33)32(43)34-27-24-23-25(27)29(34)26(23)28(24)34)38-14-15(13-35-38)44-20-7-5-18-22-16(20)3-2-4-17(22)31(42)39(18)19-6-8-21(40)36-30(19)41/h2-5,7,13-14,19,23-29H,6,8-12H2,1H3,(H,36,40,41). The van der Waals surface area contributed by atoms with Gasteiger partial charge in [-0.05, 0) is 85.8 Å². The average molecular weight is 590 g/mol. The summed E-state index contributed by atoms with van der Waals surface area (Å²) in [5.74, 6) is 6.64. The molecule has 6 aliphatic carbocycles. The summed E-state index contributed by atoms with van der Waals surface area (Å²) in [5, 5.41) is 8.58. The molecule has 4 amide bonds. The number of aromatic nitrogens is 2. The lowest BCUT2D eigenvalue weighted by Gasteiger charge is -3.06. The van der Waals surface area contributed by atoms with Crippen molar-refractivity contribution < 1.29 is 23.9 Å². The van der Waals surface area contributed by atoms with Crippen LogP contribution in [0.15, 0.2) is 42.7 Å². The van der Waals surface area contributed by atoms with E-state index in [0.29, 0.717) is 28.7 Å². The van der Waals surface area contributed by atoms with E-state index in [-0.39, 0.29) is 35.6 Å². The number of carbonyl (C=O) groups is 4. The first-order chi connectivity index (χ1) is 21.3. The number of amides is 4. The Kier molecular flexibility index (Phi) is 4.04. The zero-order valence-corrected chi connectivity index (χ0v) is 24.2. The van der Waals surface area contributed by atoms with Gasteiger partial charge in [-0.1, -0.05) is 12.1 Å².